The van der Waals surface area contributed by atoms with Gasteiger partial charge in [0, 0.05) is 18.5 Å². The topological polar surface area (TPSA) is 116 Å². The third kappa shape index (κ3) is 4.02. The predicted octanol–water partition coefficient (Wildman–Crippen LogP) is 1.74. The Kier molecular flexibility index (Phi) is 5.48. The molecule has 8 nitrogen and oxygen atoms in total. The first-order valence-electron chi connectivity index (χ1n) is 9.89. The Hall–Kier alpha value is -3.65. The van der Waals surface area contributed by atoms with Crippen LogP contribution in [0.2, 0.25) is 0 Å². The maximum Gasteiger partial charge on any atom is 0.407 e. The van der Waals surface area contributed by atoms with Gasteiger partial charge in [0.15, 0.2) is 5.60 Å². The standard InChI is InChI=1S/C23H22N2O6/c26-20(25-13-23(30,14-25)21(27)28)10-5-11-24-22(29)31-12-19-17-8-3-1-6-15(17)16-7-2-4-9-18(16)19/h1-10,19,30H,11-14H2,(H,24,29)(H,27,28)/b10-5+. The summed E-state index contributed by atoms with van der Waals surface area (Å²) in [6.45, 7) is -0.236. The van der Waals surface area contributed by atoms with Crippen LogP contribution in [0.5, 0.6) is 0 Å². The Morgan fingerprint density at radius 1 is 1.06 bits per heavy atom. The molecule has 1 heterocycles. The average molecular weight is 422 g/mol. The molecule has 1 saturated heterocycles. The number of hydrogen-bond acceptors (Lipinski definition) is 5. The summed E-state index contributed by atoms with van der Waals surface area (Å²) in [4.78, 5) is 36.0. The first kappa shape index (κ1) is 20.6. The number of benzene rings is 2. The van der Waals surface area contributed by atoms with Gasteiger partial charge in [-0.1, -0.05) is 54.6 Å². The number of likely N-dealkylation sites (tertiary alicyclic amines) is 1. The molecule has 3 N–H and O–H groups in total. The van der Waals surface area contributed by atoms with Gasteiger partial charge in [0.05, 0.1) is 13.1 Å². The summed E-state index contributed by atoms with van der Waals surface area (Å²) in [5.74, 6) is -1.81. The summed E-state index contributed by atoms with van der Waals surface area (Å²) in [7, 11) is 0. The second-order valence-corrected chi connectivity index (χ2v) is 7.64. The number of fused-ring (bicyclic) bond motifs is 3. The molecule has 0 unspecified atom stereocenters. The lowest BCUT2D eigenvalue weighted by molar-refractivity contribution is -0.180. The Morgan fingerprint density at radius 3 is 2.23 bits per heavy atom. The molecule has 2 aliphatic rings. The molecule has 2 aromatic carbocycles. The lowest BCUT2D eigenvalue weighted by Gasteiger charge is -2.42. The Bertz CT molecular complexity index is 1010. The van der Waals surface area contributed by atoms with Crippen LogP contribution in [0.3, 0.4) is 0 Å². The van der Waals surface area contributed by atoms with Gasteiger partial charge in [-0.05, 0) is 22.3 Å². The van der Waals surface area contributed by atoms with E-state index in [1.807, 2.05) is 36.4 Å². The number of carboxylic acids is 1. The van der Waals surface area contributed by atoms with Gasteiger partial charge >= 0.3 is 12.1 Å². The van der Waals surface area contributed by atoms with Crippen molar-refractivity contribution in [3.63, 3.8) is 0 Å². The zero-order chi connectivity index (χ0) is 22.0. The van der Waals surface area contributed by atoms with E-state index < -0.39 is 23.6 Å². The number of amides is 2. The van der Waals surface area contributed by atoms with Crippen LogP contribution in [0.15, 0.2) is 60.7 Å². The zero-order valence-corrected chi connectivity index (χ0v) is 16.7. The molecule has 0 saturated carbocycles. The SMILES string of the molecule is O=C(NC/C=C/C(=O)N1CC(O)(C(=O)O)C1)OCC1c2ccccc2-c2ccccc21. The van der Waals surface area contributed by atoms with Crippen molar-refractivity contribution in [3.05, 3.63) is 71.8 Å². The minimum Gasteiger partial charge on any atom is -0.479 e. The summed E-state index contributed by atoms with van der Waals surface area (Å²) in [5.41, 5.74) is 2.67. The molecular weight excluding hydrogens is 400 g/mol. The van der Waals surface area contributed by atoms with Crippen molar-refractivity contribution in [2.45, 2.75) is 11.5 Å². The second kappa shape index (κ2) is 8.23. The highest BCUT2D eigenvalue weighted by Crippen LogP contribution is 2.44. The van der Waals surface area contributed by atoms with Crippen molar-refractivity contribution in [2.75, 3.05) is 26.2 Å². The highest BCUT2D eigenvalue weighted by molar-refractivity contribution is 5.91. The summed E-state index contributed by atoms with van der Waals surface area (Å²) in [6, 6.07) is 16.1. The highest BCUT2D eigenvalue weighted by atomic mass is 16.5. The van der Waals surface area contributed by atoms with E-state index in [1.54, 1.807) is 0 Å². The lowest BCUT2D eigenvalue weighted by atomic mass is 9.94. The predicted molar refractivity (Wildman–Crippen MR) is 111 cm³/mol. The molecule has 31 heavy (non-hydrogen) atoms. The summed E-state index contributed by atoms with van der Waals surface area (Å²) < 4.78 is 5.40. The number of carbonyl (C=O) groups excluding carboxylic acids is 2. The van der Waals surface area contributed by atoms with Crippen LogP contribution < -0.4 is 5.32 Å². The van der Waals surface area contributed by atoms with Gasteiger partial charge in [-0.3, -0.25) is 4.79 Å². The Labute approximate surface area is 178 Å². The molecule has 0 spiro atoms. The number of ether oxygens (including phenoxy) is 1. The minimum atomic E-state index is -1.87. The van der Waals surface area contributed by atoms with Crippen LogP contribution in [-0.4, -0.2) is 64.9 Å². The smallest absolute Gasteiger partial charge is 0.407 e. The monoisotopic (exact) mass is 422 g/mol. The summed E-state index contributed by atoms with van der Waals surface area (Å²) >= 11 is 0. The molecule has 2 aromatic rings. The number of carboxylic acid groups (broad SMARTS) is 1. The van der Waals surface area contributed by atoms with E-state index >= 15 is 0 Å². The minimum absolute atomic E-state index is 0.0327. The number of carbonyl (C=O) groups is 3. The van der Waals surface area contributed by atoms with Gasteiger partial charge in [-0.25, -0.2) is 9.59 Å². The van der Waals surface area contributed by atoms with Gasteiger partial charge in [0.25, 0.3) is 0 Å². The van der Waals surface area contributed by atoms with Crippen molar-refractivity contribution >= 4 is 18.0 Å². The van der Waals surface area contributed by atoms with E-state index in [9.17, 15) is 19.5 Å². The first-order chi connectivity index (χ1) is 14.9. The van der Waals surface area contributed by atoms with Crippen LogP contribution in [0, 0.1) is 0 Å². The largest absolute Gasteiger partial charge is 0.479 e. The van der Waals surface area contributed by atoms with Gasteiger partial charge in [0.2, 0.25) is 5.91 Å². The molecule has 8 heteroatoms. The summed E-state index contributed by atoms with van der Waals surface area (Å²) in [6.07, 6.45) is 2.08. The highest BCUT2D eigenvalue weighted by Gasteiger charge is 2.49. The maximum absolute atomic E-state index is 12.1. The number of aliphatic hydroxyl groups is 1. The summed E-state index contributed by atoms with van der Waals surface area (Å²) in [5, 5.41) is 21.0. The molecular formula is C23H22N2O6. The Balaban J connectivity index is 1.25. The maximum atomic E-state index is 12.1. The fraction of sp³-hybridized carbons (Fsp3) is 0.261. The number of nitrogens with zero attached hydrogens (tertiary/aromatic N) is 1. The van der Waals surface area contributed by atoms with Crippen LogP contribution >= 0.6 is 0 Å². The zero-order valence-electron chi connectivity index (χ0n) is 16.7. The average Bonchev–Trinajstić information content (AvgIpc) is 3.06. The Morgan fingerprint density at radius 2 is 1.65 bits per heavy atom. The molecule has 2 amide bonds. The molecule has 160 valence electrons. The van der Waals surface area contributed by atoms with Crippen molar-refractivity contribution < 1.29 is 29.3 Å². The van der Waals surface area contributed by atoms with Crippen molar-refractivity contribution in [3.8, 4) is 11.1 Å². The van der Waals surface area contributed by atoms with Gasteiger partial charge in [0.1, 0.15) is 6.61 Å². The number of nitrogens with one attached hydrogen (secondary N) is 1. The van der Waals surface area contributed by atoms with Crippen molar-refractivity contribution in [1.82, 2.24) is 10.2 Å². The molecule has 0 atom stereocenters. The van der Waals surface area contributed by atoms with Crippen molar-refractivity contribution in [2.24, 2.45) is 0 Å². The van der Waals surface area contributed by atoms with Crippen molar-refractivity contribution in [1.29, 1.82) is 0 Å². The van der Waals surface area contributed by atoms with Gasteiger partial charge < -0.3 is 25.2 Å². The van der Waals surface area contributed by atoms with Crippen LogP contribution in [0.1, 0.15) is 17.0 Å². The molecule has 1 aliphatic heterocycles. The van der Waals surface area contributed by atoms with E-state index in [-0.39, 0.29) is 32.2 Å². The van der Waals surface area contributed by atoms with Crippen LogP contribution in [0.4, 0.5) is 4.79 Å². The molecule has 0 bridgehead atoms. The first-order valence-corrected chi connectivity index (χ1v) is 9.89. The fourth-order valence-corrected chi connectivity index (χ4v) is 3.93. The molecule has 4 rings (SSSR count). The second-order valence-electron chi connectivity index (χ2n) is 7.64. The van der Waals surface area contributed by atoms with E-state index in [1.165, 1.54) is 17.1 Å². The number of aliphatic carboxylic acids is 1. The fourth-order valence-electron chi connectivity index (χ4n) is 3.93. The van der Waals surface area contributed by atoms with Gasteiger partial charge in [-0.2, -0.15) is 0 Å². The van der Waals surface area contributed by atoms with Gasteiger partial charge in [-0.15, -0.1) is 0 Å². The number of alkyl carbamates (subject to hydrolysis) is 1. The molecule has 0 radical (unpaired) electrons. The lowest BCUT2D eigenvalue weighted by Crippen LogP contribution is -2.67. The molecule has 1 aliphatic carbocycles. The normalized spacial score (nSPS) is 16.4. The van der Waals surface area contributed by atoms with E-state index in [0.717, 1.165) is 22.3 Å². The number of β-amino-alcohol motifs (C(OH)–C–C–N with tert-alkyl or cyclic N) is 1. The number of rotatable bonds is 6. The quantitative estimate of drug-likeness (QED) is 0.611. The van der Waals surface area contributed by atoms with E-state index in [2.05, 4.69) is 17.4 Å². The molecule has 1 fully saturated rings. The van der Waals surface area contributed by atoms with Crippen LogP contribution in [0.25, 0.3) is 11.1 Å². The number of hydrogen-bond donors (Lipinski definition) is 3. The third-order valence-electron chi connectivity index (χ3n) is 5.58. The van der Waals surface area contributed by atoms with E-state index in [4.69, 9.17) is 9.84 Å². The van der Waals surface area contributed by atoms with Crippen LogP contribution in [-0.2, 0) is 14.3 Å². The third-order valence-corrected chi connectivity index (χ3v) is 5.58. The molecule has 0 aromatic heterocycles. The van der Waals surface area contributed by atoms with E-state index in [0.29, 0.717) is 0 Å².